The van der Waals surface area contributed by atoms with Crippen LogP contribution in [0.4, 0.5) is 0 Å². The Kier molecular flexibility index (Phi) is 2.15. The first-order valence-corrected chi connectivity index (χ1v) is 6.18. The lowest BCUT2D eigenvalue weighted by Gasteiger charge is -2.04. The summed E-state index contributed by atoms with van der Waals surface area (Å²) in [6.07, 6.45) is 1.64. The van der Waals surface area contributed by atoms with Crippen molar-refractivity contribution < 1.29 is 0 Å². The molecule has 96 valence electrons. The van der Waals surface area contributed by atoms with Crippen molar-refractivity contribution in [1.29, 1.82) is 10.5 Å². The van der Waals surface area contributed by atoms with Gasteiger partial charge in [0.25, 0.3) is 0 Å². The molecule has 0 atom stereocenters. The molecule has 0 radical (unpaired) electrons. The summed E-state index contributed by atoms with van der Waals surface area (Å²) in [5.74, 6) is 0. The fourth-order valence-corrected chi connectivity index (χ4v) is 2.41. The Labute approximate surface area is 118 Å². The van der Waals surface area contributed by atoms with E-state index in [2.05, 4.69) is 20.2 Å². The predicted octanol–water partition coefficient (Wildman–Crippen LogP) is 2.40. The number of aromatic amines is 1. The van der Waals surface area contributed by atoms with Crippen molar-refractivity contribution in [2.24, 2.45) is 0 Å². The number of nitrogens with zero attached hydrogens (tertiary/aromatic N) is 5. The minimum Gasteiger partial charge on any atom is -0.276 e. The average Bonchev–Trinajstić information content (AvgIpc) is 2.98. The van der Waals surface area contributed by atoms with Gasteiger partial charge < -0.3 is 0 Å². The van der Waals surface area contributed by atoms with E-state index in [4.69, 9.17) is 10.5 Å². The Morgan fingerprint density at radius 1 is 0.952 bits per heavy atom. The van der Waals surface area contributed by atoms with Gasteiger partial charge in [-0.25, -0.2) is 9.97 Å². The Hall–Kier alpha value is -3.51. The first-order chi connectivity index (χ1) is 10.3. The number of hydrogen-bond donors (Lipinski definition) is 1. The number of hydrogen-bond acceptors (Lipinski definition) is 5. The van der Waals surface area contributed by atoms with Crippen LogP contribution in [0.3, 0.4) is 0 Å². The van der Waals surface area contributed by atoms with E-state index in [1.165, 1.54) is 0 Å². The molecule has 6 nitrogen and oxygen atoms in total. The molecule has 3 heterocycles. The summed E-state index contributed by atoms with van der Waals surface area (Å²) < 4.78 is 0. The molecule has 6 heteroatoms. The van der Waals surface area contributed by atoms with Gasteiger partial charge in [-0.15, -0.1) is 0 Å². The summed E-state index contributed by atoms with van der Waals surface area (Å²) in [4.78, 5) is 8.86. The third-order valence-corrected chi connectivity index (χ3v) is 3.40. The van der Waals surface area contributed by atoms with E-state index < -0.39 is 0 Å². The highest BCUT2D eigenvalue weighted by molar-refractivity contribution is 6.06. The number of pyridine rings is 2. The van der Waals surface area contributed by atoms with Crippen LogP contribution < -0.4 is 0 Å². The maximum absolute atomic E-state index is 9.12. The lowest BCUT2D eigenvalue weighted by atomic mass is 10.1. The molecule has 21 heavy (non-hydrogen) atoms. The zero-order valence-electron chi connectivity index (χ0n) is 10.6. The predicted molar refractivity (Wildman–Crippen MR) is 76.1 cm³/mol. The van der Waals surface area contributed by atoms with Gasteiger partial charge in [-0.1, -0.05) is 12.1 Å². The van der Waals surface area contributed by atoms with E-state index in [1.807, 2.05) is 30.3 Å². The van der Waals surface area contributed by atoms with Crippen LogP contribution >= 0.6 is 0 Å². The van der Waals surface area contributed by atoms with Crippen molar-refractivity contribution in [2.45, 2.75) is 0 Å². The highest BCUT2D eigenvalue weighted by atomic mass is 15.1. The van der Waals surface area contributed by atoms with Crippen molar-refractivity contribution in [3.8, 4) is 12.1 Å². The summed E-state index contributed by atoms with van der Waals surface area (Å²) in [7, 11) is 0. The summed E-state index contributed by atoms with van der Waals surface area (Å²) in [6.45, 7) is 0. The Bertz CT molecular complexity index is 1110. The quantitative estimate of drug-likeness (QED) is 0.494. The third kappa shape index (κ3) is 1.54. The standard InChI is InChI=1S/C15H6N6/c16-5-10-3-8-1-2-9-4-11-13(7-18-21-11)20-15(9)14(8)19-12(10)6-17/h1-4,7H,(H,18,21). The molecule has 4 rings (SSSR count). The summed E-state index contributed by atoms with van der Waals surface area (Å²) in [5.41, 5.74) is 3.28. The molecule has 4 aromatic rings. The number of nitriles is 2. The number of fused-ring (bicyclic) bond motifs is 4. The van der Waals surface area contributed by atoms with E-state index in [0.29, 0.717) is 11.0 Å². The molecule has 3 aromatic heterocycles. The van der Waals surface area contributed by atoms with Crippen LogP contribution in [0.15, 0.2) is 30.5 Å². The van der Waals surface area contributed by atoms with Crippen LogP contribution in [0.5, 0.6) is 0 Å². The molecule has 1 N–H and O–H groups in total. The zero-order chi connectivity index (χ0) is 14.4. The van der Waals surface area contributed by atoms with E-state index in [0.717, 1.165) is 21.8 Å². The van der Waals surface area contributed by atoms with Gasteiger partial charge in [0.15, 0.2) is 5.69 Å². The number of nitrogens with one attached hydrogen (secondary N) is 1. The fraction of sp³-hybridized carbons (Fsp3) is 0. The SMILES string of the molecule is N#Cc1cc2ccc3cc4[nH]ncc4nc3c2nc1C#N. The summed E-state index contributed by atoms with van der Waals surface area (Å²) >= 11 is 0. The van der Waals surface area contributed by atoms with Gasteiger partial charge in [-0.3, -0.25) is 5.10 Å². The second-order valence-corrected chi connectivity index (χ2v) is 4.61. The smallest absolute Gasteiger partial charge is 0.159 e. The van der Waals surface area contributed by atoms with Crippen LogP contribution in [-0.2, 0) is 0 Å². The van der Waals surface area contributed by atoms with Gasteiger partial charge in [0.1, 0.15) is 17.7 Å². The van der Waals surface area contributed by atoms with E-state index in [-0.39, 0.29) is 11.3 Å². The third-order valence-electron chi connectivity index (χ3n) is 3.40. The van der Waals surface area contributed by atoms with E-state index in [1.54, 1.807) is 12.3 Å². The molecule has 0 aliphatic carbocycles. The molecule has 0 amide bonds. The molecule has 0 aliphatic heterocycles. The van der Waals surface area contributed by atoms with Gasteiger partial charge >= 0.3 is 0 Å². The zero-order valence-corrected chi connectivity index (χ0v) is 10.6. The number of benzene rings is 1. The minimum atomic E-state index is 0.117. The highest BCUT2D eigenvalue weighted by Crippen LogP contribution is 2.26. The van der Waals surface area contributed by atoms with Crippen molar-refractivity contribution in [3.63, 3.8) is 0 Å². The van der Waals surface area contributed by atoms with Crippen LogP contribution in [0.1, 0.15) is 11.3 Å². The molecule has 0 spiro atoms. The fourth-order valence-electron chi connectivity index (χ4n) is 2.41. The summed E-state index contributed by atoms with van der Waals surface area (Å²) in [5, 5.41) is 26.7. The Morgan fingerprint density at radius 3 is 2.48 bits per heavy atom. The second-order valence-electron chi connectivity index (χ2n) is 4.61. The highest BCUT2D eigenvalue weighted by Gasteiger charge is 2.11. The van der Waals surface area contributed by atoms with Gasteiger partial charge in [0, 0.05) is 10.8 Å². The first-order valence-electron chi connectivity index (χ1n) is 6.18. The van der Waals surface area contributed by atoms with E-state index >= 15 is 0 Å². The lowest BCUT2D eigenvalue weighted by Crippen LogP contribution is -1.93. The molecule has 0 saturated heterocycles. The van der Waals surface area contributed by atoms with Crippen molar-refractivity contribution >= 4 is 32.8 Å². The normalized spacial score (nSPS) is 10.8. The summed E-state index contributed by atoms with van der Waals surface area (Å²) in [6, 6.07) is 11.3. The molecular weight excluding hydrogens is 264 g/mol. The second kappa shape index (κ2) is 3.99. The lowest BCUT2D eigenvalue weighted by molar-refractivity contribution is 1.12. The minimum absolute atomic E-state index is 0.117. The monoisotopic (exact) mass is 270 g/mol. The molecule has 1 aromatic carbocycles. The number of rotatable bonds is 0. The van der Waals surface area contributed by atoms with Crippen molar-refractivity contribution in [2.75, 3.05) is 0 Å². The topological polar surface area (TPSA) is 102 Å². The first kappa shape index (κ1) is 11.3. The Balaban J connectivity index is 2.22. The van der Waals surface area contributed by atoms with Gasteiger partial charge in [-0.2, -0.15) is 15.6 Å². The van der Waals surface area contributed by atoms with Gasteiger partial charge in [0.2, 0.25) is 0 Å². The molecule has 0 fully saturated rings. The van der Waals surface area contributed by atoms with Crippen molar-refractivity contribution in [3.05, 3.63) is 41.7 Å². The number of aromatic nitrogens is 4. The average molecular weight is 270 g/mol. The van der Waals surface area contributed by atoms with Crippen molar-refractivity contribution in [1.82, 2.24) is 20.2 Å². The Morgan fingerprint density at radius 2 is 1.71 bits per heavy atom. The van der Waals surface area contributed by atoms with Crippen LogP contribution in [-0.4, -0.2) is 20.2 Å². The van der Waals surface area contributed by atoms with Crippen LogP contribution in [0.2, 0.25) is 0 Å². The molecule has 0 saturated carbocycles. The molecule has 0 unspecified atom stereocenters. The van der Waals surface area contributed by atoms with Gasteiger partial charge in [-0.05, 0) is 12.1 Å². The maximum Gasteiger partial charge on any atom is 0.159 e. The largest absolute Gasteiger partial charge is 0.276 e. The molecule has 0 bridgehead atoms. The van der Waals surface area contributed by atoms with Crippen LogP contribution in [0.25, 0.3) is 32.8 Å². The maximum atomic E-state index is 9.12. The van der Waals surface area contributed by atoms with E-state index in [9.17, 15) is 0 Å². The molecule has 0 aliphatic rings. The number of H-pyrrole nitrogens is 1. The van der Waals surface area contributed by atoms with Crippen LogP contribution in [0, 0.1) is 22.7 Å². The van der Waals surface area contributed by atoms with Gasteiger partial charge in [0.05, 0.1) is 28.3 Å². The molecular formula is C15H6N6.